The molecule has 120 valence electrons. The highest BCUT2D eigenvalue weighted by atomic mass is 32.2. The van der Waals surface area contributed by atoms with Crippen LogP contribution in [0.3, 0.4) is 0 Å². The van der Waals surface area contributed by atoms with Gasteiger partial charge < -0.3 is 0 Å². The number of aryl methyl sites for hydroxylation is 1. The lowest BCUT2D eigenvalue weighted by Gasteiger charge is -2.38. The summed E-state index contributed by atoms with van der Waals surface area (Å²) < 4.78 is 27.7. The fourth-order valence-corrected chi connectivity index (χ4v) is 4.68. The summed E-state index contributed by atoms with van der Waals surface area (Å²) in [5, 5.41) is 0. The average Bonchev–Trinajstić information content (AvgIpc) is 2.53. The number of nitrogens with zero attached hydrogens (tertiary/aromatic N) is 1. The lowest BCUT2D eigenvalue weighted by Crippen LogP contribution is -2.48. The maximum atomic E-state index is 13.1. The molecule has 0 amide bonds. The van der Waals surface area contributed by atoms with Crippen LogP contribution in [-0.4, -0.2) is 20.2 Å². The Morgan fingerprint density at radius 2 is 1.57 bits per heavy atom. The summed E-state index contributed by atoms with van der Waals surface area (Å²) in [6.45, 7) is 5.47. The first-order valence-electron chi connectivity index (χ1n) is 7.58. The van der Waals surface area contributed by atoms with Crippen molar-refractivity contribution in [3.8, 4) is 0 Å². The van der Waals surface area contributed by atoms with Crippen molar-refractivity contribution in [3.63, 3.8) is 0 Å². The van der Waals surface area contributed by atoms with E-state index >= 15 is 0 Å². The standard InChI is InChI=1S/C18H19NO3S/c1-12-8-10-15(11-9-12)23(21,22)19-14(3)13(2)18(20)16-6-4-5-7-17(16)19/h4-11,13-14H,1-3H3. The van der Waals surface area contributed by atoms with Crippen molar-refractivity contribution in [2.24, 2.45) is 5.92 Å². The van der Waals surface area contributed by atoms with Crippen LogP contribution in [0.25, 0.3) is 0 Å². The Morgan fingerprint density at radius 3 is 2.22 bits per heavy atom. The Kier molecular flexibility index (Phi) is 3.76. The lowest BCUT2D eigenvalue weighted by molar-refractivity contribution is 0.0910. The fourth-order valence-electron chi connectivity index (χ4n) is 2.93. The van der Waals surface area contributed by atoms with Crippen molar-refractivity contribution in [3.05, 3.63) is 59.7 Å². The third-order valence-corrected chi connectivity index (χ3v) is 6.41. The molecule has 3 rings (SSSR count). The molecular formula is C18H19NO3S. The molecule has 0 spiro atoms. The van der Waals surface area contributed by atoms with Gasteiger partial charge in [-0.25, -0.2) is 8.42 Å². The van der Waals surface area contributed by atoms with Gasteiger partial charge in [-0.1, -0.05) is 36.8 Å². The maximum absolute atomic E-state index is 13.1. The van der Waals surface area contributed by atoms with Crippen molar-refractivity contribution in [2.75, 3.05) is 4.31 Å². The molecule has 0 bridgehead atoms. The van der Waals surface area contributed by atoms with Crippen molar-refractivity contribution in [1.29, 1.82) is 0 Å². The number of anilines is 1. The van der Waals surface area contributed by atoms with Gasteiger partial charge in [0.1, 0.15) is 0 Å². The largest absolute Gasteiger partial charge is 0.294 e. The molecule has 2 aromatic carbocycles. The van der Waals surface area contributed by atoms with Gasteiger partial charge in [0, 0.05) is 11.5 Å². The molecule has 0 saturated carbocycles. The summed E-state index contributed by atoms with van der Waals surface area (Å²) in [5.41, 5.74) is 1.93. The van der Waals surface area contributed by atoms with E-state index in [0.717, 1.165) is 5.56 Å². The number of carbonyl (C=O) groups is 1. The number of fused-ring (bicyclic) bond motifs is 1. The van der Waals surface area contributed by atoms with Crippen LogP contribution in [0.1, 0.15) is 29.8 Å². The lowest BCUT2D eigenvalue weighted by atomic mass is 9.88. The Hall–Kier alpha value is -2.14. The molecule has 23 heavy (non-hydrogen) atoms. The van der Waals surface area contributed by atoms with Gasteiger partial charge in [-0.3, -0.25) is 9.10 Å². The number of ketones is 1. The van der Waals surface area contributed by atoms with Crippen LogP contribution in [-0.2, 0) is 10.0 Å². The zero-order valence-corrected chi connectivity index (χ0v) is 14.2. The number of para-hydroxylation sites is 1. The summed E-state index contributed by atoms with van der Waals surface area (Å²) in [6.07, 6.45) is 0. The summed E-state index contributed by atoms with van der Waals surface area (Å²) in [7, 11) is -3.72. The predicted molar refractivity (Wildman–Crippen MR) is 90.2 cm³/mol. The Bertz CT molecular complexity index is 856. The van der Waals surface area contributed by atoms with Gasteiger partial charge in [-0.15, -0.1) is 0 Å². The van der Waals surface area contributed by atoms with E-state index in [-0.39, 0.29) is 16.6 Å². The SMILES string of the molecule is Cc1ccc(S(=O)(=O)N2c3ccccc3C(=O)C(C)C2C)cc1. The summed E-state index contributed by atoms with van der Waals surface area (Å²) in [4.78, 5) is 12.7. The molecule has 2 aromatic rings. The van der Waals surface area contributed by atoms with Gasteiger partial charge in [0.05, 0.1) is 16.6 Å². The van der Waals surface area contributed by atoms with Gasteiger partial charge in [0.2, 0.25) is 0 Å². The normalized spacial score (nSPS) is 21.2. The van der Waals surface area contributed by atoms with Crippen LogP contribution in [0.4, 0.5) is 5.69 Å². The molecule has 2 unspecified atom stereocenters. The monoisotopic (exact) mass is 329 g/mol. The molecule has 0 saturated heterocycles. The summed E-state index contributed by atoms with van der Waals surface area (Å²) >= 11 is 0. The number of benzene rings is 2. The summed E-state index contributed by atoms with van der Waals surface area (Å²) in [5.74, 6) is -0.395. The minimum Gasteiger partial charge on any atom is -0.294 e. The van der Waals surface area contributed by atoms with Crippen LogP contribution in [0, 0.1) is 12.8 Å². The Morgan fingerprint density at radius 1 is 0.957 bits per heavy atom. The van der Waals surface area contributed by atoms with Gasteiger partial charge >= 0.3 is 0 Å². The van der Waals surface area contributed by atoms with E-state index in [0.29, 0.717) is 11.3 Å². The second-order valence-electron chi connectivity index (χ2n) is 6.02. The highest BCUT2D eigenvalue weighted by Gasteiger charge is 2.41. The van der Waals surface area contributed by atoms with Crippen molar-refractivity contribution >= 4 is 21.5 Å². The Balaban J connectivity index is 2.19. The number of hydrogen-bond donors (Lipinski definition) is 0. The first kappa shape index (κ1) is 15.7. The van der Waals surface area contributed by atoms with Crippen LogP contribution in [0.2, 0.25) is 0 Å². The number of hydrogen-bond acceptors (Lipinski definition) is 3. The molecule has 0 aromatic heterocycles. The van der Waals surface area contributed by atoms with E-state index in [4.69, 9.17) is 0 Å². The zero-order valence-electron chi connectivity index (χ0n) is 13.4. The van der Waals surface area contributed by atoms with Gasteiger partial charge in [0.15, 0.2) is 5.78 Å². The van der Waals surface area contributed by atoms with Gasteiger partial charge in [-0.2, -0.15) is 0 Å². The van der Waals surface area contributed by atoms with Gasteiger partial charge in [-0.05, 0) is 38.1 Å². The molecule has 2 atom stereocenters. The molecule has 5 heteroatoms. The fraction of sp³-hybridized carbons (Fsp3) is 0.278. The zero-order chi connectivity index (χ0) is 16.8. The number of Topliss-reactive ketones (excluding diaryl/α,β-unsaturated/α-hetero) is 1. The highest BCUT2D eigenvalue weighted by Crippen LogP contribution is 2.37. The molecule has 0 fully saturated rings. The minimum absolute atomic E-state index is 0.0107. The number of carbonyl (C=O) groups excluding carboxylic acids is 1. The molecule has 0 radical (unpaired) electrons. The second kappa shape index (κ2) is 5.49. The predicted octanol–water partition coefficient (Wildman–Crippen LogP) is 3.41. The molecule has 1 aliphatic rings. The second-order valence-corrected chi connectivity index (χ2v) is 7.84. The molecule has 1 heterocycles. The third kappa shape index (κ3) is 2.45. The minimum atomic E-state index is -3.72. The van der Waals surface area contributed by atoms with Crippen LogP contribution in [0.5, 0.6) is 0 Å². The topological polar surface area (TPSA) is 54.5 Å². The summed E-state index contributed by atoms with van der Waals surface area (Å²) in [6, 6.07) is 13.3. The average molecular weight is 329 g/mol. The van der Waals surface area contributed by atoms with Crippen molar-refractivity contribution in [1.82, 2.24) is 0 Å². The van der Waals surface area contributed by atoms with Gasteiger partial charge in [0.25, 0.3) is 10.0 Å². The quantitative estimate of drug-likeness (QED) is 0.848. The Labute approximate surface area is 136 Å². The number of rotatable bonds is 2. The molecule has 4 nitrogen and oxygen atoms in total. The molecule has 1 aliphatic heterocycles. The smallest absolute Gasteiger partial charge is 0.264 e. The van der Waals surface area contributed by atoms with Crippen LogP contribution in [0.15, 0.2) is 53.4 Å². The first-order valence-corrected chi connectivity index (χ1v) is 9.02. The molecule has 0 aliphatic carbocycles. The highest BCUT2D eigenvalue weighted by molar-refractivity contribution is 7.92. The third-order valence-electron chi connectivity index (χ3n) is 4.49. The maximum Gasteiger partial charge on any atom is 0.264 e. The van der Waals surface area contributed by atoms with E-state index in [1.165, 1.54) is 4.31 Å². The number of sulfonamides is 1. The van der Waals surface area contributed by atoms with E-state index in [2.05, 4.69) is 0 Å². The first-order chi connectivity index (χ1) is 10.8. The van der Waals surface area contributed by atoms with E-state index in [1.54, 1.807) is 62.4 Å². The molecule has 0 N–H and O–H groups in total. The van der Waals surface area contributed by atoms with E-state index in [1.807, 2.05) is 6.92 Å². The molecular weight excluding hydrogens is 310 g/mol. The van der Waals surface area contributed by atoms with Crippen LogP contribution < -0.4 is 4.31 Å². The van der Waals surface area contributed by atoms with Crippen molar-refractivity contribution in [2.45, 2.75) is 31.7 Å². The van der Waals surface area contributed by atoms with Crippen molar-refractivity contribution < 1.29 is 13.2 Å². The van der Waals surface area contributed by atoms with Crippen LogP contribution >= 0.6 is 0 Å². The van der Waals surface area contributed by atoms with E-state index in [9.17, 15) is 13.2 Å². The van der Waals surface area contributed by atoms with E-state index < -0.39 is 16.1 Å².